The quantitative estimate of drug-likeness (QED) is 0.687. The van der Waals surface area contributed by atoms with Crippen molar-refractivity contribution in [2.24, 2.45) is 0 Å². The first-order valence-corrected chi connectivity index (χ1v) is 7.16. The number of nitrogens with zero attached hydrogens (tertiary/aromatic N) is 1. The second kappa shape index (κ2) is 5.93. The molecule has 0 aliphatic carbocycles. The molecule has 1 heterocycles. The minimum absolute atomic E-state index is 0.327. The van der Waals surface area contributed by atoms with Gasteiger partial charge in [-0.1, -0.05) is 12.1 Å². The third kappa shape index (κ3) is 2.44. The van der Waals surface area contributed by atoms with E-state index in [-0.39, 0.29) is 5.97 Å². The molecule has 0 N–H and O–H groups in total. The van der Waals surface area contributed by atoms with Crippen LogP contribution in [-0.4, -0.2) is 24.3 Å². The van der Waals surface area contributed by atoms with Crippen molar-refractivity contribution in [1.29, 1.82) is 0 Å². The van der Waals surface area contributed by atoms with Crippen LogP contribution >= 0.6 is 0 Å². The highest BCUT2D eigenvalue weighted by atomic mass is 16.5. The lowest BCUT2D eigenvalue weighted by molar-refractivity contribution is 0.0603. The second-order valence-corrected chi connectivity index (χ2v) is 4.85. The molecule has 0 bridgehead atoms. The number of carbonyl (C=O) groups excluding carboxylic acids is 1. The maximum atomic E-state index is 11.9. The third-order valence-corrected chi connectivity index (χ3v) is 3.55. The van der Waals surface area contributed by atoms with Crippen molar-refractivity contribution >= 4 is 16.9 Å². The van der Waals surface area contributed by atoms with Gasteiger partial charge < -0.3 is 14.0 Å². The summed E-state index contributed by atoms with van der Waals surface area (Å²) < 4.78 is 12.4. The predicted octanol–water partition coefficient (Wildman–Crippen LogP) is 3.82. The van der Waals surface area contributed by atoms with Crippen molar-refractivity contribution in [3.63, 3.8) is 0 Å². The number of hydrogen-bond acceptors (Lipinski definition) is 3. The van der Waals surface area contributed by atoms with Gasteiger partial charge in [-0.2, -0.15) is 0 Å². The van der Waals surface area contributed by atoms with Crippen LogP contribution in [0, 0.1) is 0 Å². The van der Waals surface area contributed by atoms with Crippen LogP contribution in [0.4, 0.5) is 0 Å². The Morgan fingerprint density at radius 3 is 2.73 bits per heavy atom. The Labute approximate surface area is 128 Å². The van der Waals surface area contributed by atoms with Crippen molar-refractivity contribution in [1.82, 2.24) is 4.57 Å². The molecule has 3 aromatic rings. The van der Waals surface area contributed by atoms with Crippen molar-refractivity contribution in [2.75, 3.05) is 13.7 Å². The number of fused-ring (bicyclic) bond motifs is 1. The smallest absolute Gasteiger partial charge is 0.338 e. The zero-order valence-corrected chi connectivity index (χ0v) is 12.6. The van der Waals surface area contributed by atoms with Gasteiger partial charge in [-0.25, -0.2) is 4.79 Å². The minimum Gasteiger partial charge on any atom is -0.494 e. The predicted molar refractivity (Wildman–Crippen MR) is 85.8 cm³/mol. The lowest BCUT2D eigenvalue weighted by Crippen LogP contribution is -2.01. The van der Waals surface area contributed by atoms with E-state index in [4.69, 9.17) is 9.47 Å². The first-order chi connectivity index (χ1) is 10.7. The molecule has 3 rings (SSSR count). The van der Waals surface area contributed by atoms with Crippen LogP contribution in [-0.2, 0) is 4.74 Å². The van der Waals surface area contributed by atoms with Gasteiger partial charge in [0.05, 0.1) is 24.8 Å². The molecule has 0 aliphatic rings. The van der Waals surface area contributed by atoms with Crippen molar-refractivity contribution in [3.05, 3.63) is 60.3 Å². The molecule has 0 saturated carbocycles. The van der Waals surface area contributed by atoms with E-state index in [1.165, 1.54) is 7.11 Å². The first-order valence-electron chi connectivity index (χ1n) is 7.16. The van der Waals surface area contributed by atoms with Crippen LogP contribution in [0.3, 0.4) is 0 Å². The molecule has 1 aromatic heterocycles. The van der Waals surface area contributed by atoms with E-state index in [0.717, 1.165) is 22.3 Å². The molecule has 0 aliphatic heterocycles. The molecular weight excluding hydrogens is 278 g/mol. The van der Waals surface area contributed by atoms with Gasteiger partial charge in [-0.3, -0.25) is 0 Å². The molecule has 0 fully saturated rings. The van der Waals surface area contributed by atoms with E-state index in [1.54, 1.807) is 6.07 Å². The Morgan fingerprint density at radius 2 is 1.95 bits per heavy atom. The van der Waals surface area contributed by atoms with Crippen LogP contribution in [0.5, 0.6) is 5.75 Å². The summed E-state index contributed by atoms with van der Waals surface area (Å²) in [5.41, 5.74) is 2.51. The average Bonchev–Trinajstić information content (AvgIpc) is 2.98. The normalized spacial score (nSPS) is 10.6. The summed E-state index contributed by atoms with van der Waals surface area (Å²) >= 11 is 0. The summed E-state index contributed by atoms with van der Waals surface area (Å²) in [6.07, 6.45) is 1.95. The molecule has 0 radical (unpaired) electrons. The Bertz CT molecular complexity index is 820. The van der Waals surface area contributed by atoms with E-state index in [2.05, 4.69) is 0 Å². The number of aromatic nitrogens is 1. The zero-order chi connectivity index (χ0) is 15.5. The Kier molecular flexibility index (Phi) is 3.83. The average molecular weight is 295 g/mol. The molecule has 0 saturated heterocycles. The fraction of sp³-hybridized carbons (Fsp3) is 0.167. The number of carbonyl (C=O) groups is 1. The molecule has 0 atom stereocenters. The lowest BCUT2D eigenvalue weighted by atomic mass is 10.1. The zero-order valence-electron chi connectivity index (χ0n) is 12.6. The summed E-state index contributed by atoms with van der Waals surface area (Å²) in [6.45, 7) is 2.59. The summed E-state index contributed by atoms with van der Waals surface area (Å²) in [4.78, 5) is 11.9. The highest BCUT2D eigenvalue weighted by Crippen LogP contribution is 2.26. The molecular formula is C18H17NO3. The number of rotatable bonds is 4. The molecule has 22 heavy (non-hydrogen) atoms. The third-order valence-electron chi connectivity index (χ3n) is 3.55. The van der Waals surface area contributed by atoms with Gasteiger partial charge in [0.15, 0.2) is 0 Å². The number of ether oxygens (including phenoxy) is 2. The van der Waals surface area contributed by atoms with E-state index in [0.29, 0.717) is 12.2 Å². The maximum absolute atomic E-state index is 11.9. The summed E-state index contributed by atoms with van der Waals surface area (Å²) in [5, 5.41) is 0.871. The minimum atomic E-state index is -0.327. The van der Waals surface area contributed by atoms with Gasteiger partial charge in [0.2, 0.25) is 0 Å². The van der Waals surface area contributed by atoms with Crippen molar-refractivity contribution in [3.8, 4) is 11.4 Å². The van der Waals surface area contributed by atoms with Crippen LogP contribution in [0.2, 0.25) is 0 Å². The lowest BCUT2D eigenvalue weighted by Gasteiger charge is -2.09. The van der Waals surface area contributed by atoms with Gasteiger partial charge >= 0.3 is 5.97 Å². The van der Waals surface area contributed by atoms with Crippen LogP contribution < -0.4 is 4.74 Å². The summed E-state index contributed by atoms with van der Waals surface area (Å²) in [7, 11) is 1.39. The van der Waals surface area contributed by atoms with Crippen LogP contribution in [0.1, 0.15) is 17.3 Å². The van der Waals surface area contributed by atoms with E-state index >= 15 is 0 Å². The first kappa shape index (κ1) is 14.2. The number of benzene rings is 2. The van der Waals surface area contributed by atoms with E-state index < -0.39 is 0 Å². The highest BCUT2D eigenvalue weighted by Gasteiger charge is 2.13. The monoisotopic (exact) mass is 295 g/mol. The van der Waals surface area contributed by atoms with Crippen LogP contribution in [0.25, 0.3) is 16.6 Å². The van der Waals surface area contributed by atoms with Gasteiger partial charge in [0.25, 0.3) is 0 Å². The molecule has 0 spiro atoms. The van der Waals surface area contributed by atoms with Gasteiger partial charge in [0, 0.05) is 23.3 Å². The Morgan fingerprint density at radius 1 is 1.14 bits per heavy atom. The number of methoxy groups -OCH3 is 1. The fourth-order valence-electron chi connectivity index (χ4n) is 2.57. The van der Waals surface area contributed by atoms with Crippen molar-refractivity contribution < 1.29 is 14.3 Å². The highest BCUT2D eigenvalue weighted by molar-refractivity contribution is 6.04. The summed E-state index contributed by atoms with van der Waals surface area (Å²) in [6, 6.07) is 15.4. The van der Waals surface area contributed by atoms with Crippen molar-refractivity contribution in [2.45, 2.75) is 6.92 Å². The molecule has 2 aromatic carbocycles. The summed E-state index contributed by atoms with van der Waals surface area (Å²) in [5.74, 6) is 0.498. The molecule has 112 valence electrons. The number of esters is 1. The Balaban J connectivity index is 2.13. The molecule has 0 amide bonds. The van der Waals surface area contributed by atoms with E-state index in [9.17, 15) is 4.79 Å². The standard InChI is InChI=1S/C18H17NO3/c1-3-22-14-7-4-6-13(12-14)19-11-10-15-16(18(20)21-2)8-5-9-17(15)19/h4-12H,3H2,1-2H3. The fourth-order valence-corrected chi connectivity index (χ4v) is 2.57. The van der Waals surface area contributed by atoms with E-state index in [1.807, 2.05) is 60.2 Å². The second-order valence-electron chi connectivity index (χ2n) is 4.85. The van der Waals surface area contributed by atoms with Gasteiger partial charge in [0.1, 0.15) is 5.75 Å². The van der Waals surface area contributed by atoms with Crippen LogP contribution in [0.15, 0.2) is 54.7 Å². The van der Waals surface area contributed by atoms with Gasteiger partial charge in [-0.05, 0) is 37.3 Å². The molecule has 4 heteroatoms. The molecule has 0 unspecified atom stereocenters. The SMILES string of the molecule is CCOc1cccc(-n2ccc3c(C(=O)OC)cccc32)c1. The molecule has 4 nitrogen and oxygen atoms in total. The maximum Gasteiger partial charge on any atom is 0.338 e. The number of hydrogen-bond donors (Lipinski definition) is 0. The Hall–Kier alpha value is -2.75. The largest absolute Gasteiger partial charge is 0.494 e. The topological polar surface area (TPSA) is 40.5 Å². The van der Waals surface area contributed by atoms with Gasteiger partial charge in [-0.15, -0.1) is 0 Å².